The predicted molar refractivity (Wildman–Crippen MR) is 295 cm³/mol. The van der Waals surface area contributed by atoms with Crippen molar-refractivity contribution in [3.05, 3.63) is 101 Å². The Labute approximate surface area is 456 Å². The summed E-state index contributed by atoms with van der Waals surface area (Å²) in [5.74, 6) is -1.04. The SMILES string of the molecule is CCc1cccc2cc(O)cc(-c3ncc4c(N5CC6CCC(C5)N6)nc(OC[C@@]56CCCN5[C@H](COc5cc([C@H](C(=O)N7C[C@H](O)C[C@H]7C(=O)N[C@@H](C)c7ccc(-c8scnc8C)cc7)C(C)C)on5)CC6)nc4c3F)c12. The van der Waals surface area contributed by atoms with Crippen LogP contribution >= 0.6 is 11.3 Å². The Balaban J connectivity index is 0.731. The molecule has 3 aromatic carbocycles. The number of pyridine rings is 1. The summed E-state index contributed by atoms with van der Waals surface area (Å²) >= 11 is 1.58. The van der Waals surface area contributed by atoms with Crippen molar-refractivity contribution in [2.24, 2.45) is 5.92 Å². The average molecular weight is 1080 g/mol. The quantitative estimate of drug-likeness (QED) is 0.0715. The van der Waals surface area contributed by atoms with Gasteiger partial charge in [0.2, 0.25) is 11.8 Å². The van der Waals surface area contributed by atoms with Crippen LogP contribution in [0.3, 0.4) is 0 Å². The minimum atomic E-state index is -0.865. The summed E-state index contributed by atoms with van der Waals surface area (Å²) in [6.07, 6.45) is 7.32. The minimum Gasteiger partial charge on any atom is -0.508 e. The number of aromatic hydroxyl groups is 1. The molecule has 2 bridgehead atoms. The first-order valence-corrected chi connectivity index (χ1v) is 28.5. The summed E-state index contributed by atoms with van der Waals surface area (Å²) in [7, 11) is 0. The number of β-amino-alcohol motifs (C(OH)–C–C–N with tert-alkyl or cyclic N) is 1. The molecule has 17 nitrogen and oxygen atoms in total. The molecule has 0 spiro atoms. The number of hydrogen-bond donors (Lipinski definition) is 4. The lowest BCUT2D eigenvalue weighted by Gasteiger charge is -2.35. The van der Waals surface area contributed by atoms with Crippen LogP contribution in [0.2, 0.25) is 0 Å². The van der Waals surface area contributed by atoms with E-state index >= 15 is 4.39 Å². The molecule has 0 aliphatic carbocycles. The Hall–Kier alpha value is -6.80. The van der Waals surface area contributed by atoms with Crippen LogP contribution in [-0.2, 0) is 16.0 Å². The second-order valence-corrected chi connectivity index (χ2v) is 23.4. The van der Waals surface area contributed by atoms with Gasteiger partial charge in [-0.05, 0) is 116 Å². The number of aliphatic hydroxyl groups is 1. The maximum Gasteiger partial charge on any atom is 0.319 e. The molecule has 0 saturated carbocycles. The Bertz CT molecular complexity index is 3380. The zero-order valence-electron chi connectivity index (χ0n) is 44.7. The maximum absolute atomic E-state index is 17.4. The van der Waals surface area contributed by atoms with Crippen molar-refractivity contribution in [2.45, 2.75) is 134 Å². The second kappa shape index (κ2) is 21.1. The number of likely N-dealkylation sites (tertiary alicyclic amines) is 1. The molecule has 4 aromatic heterocycles. The number of ether oxygens (including phenoxy) is 2. The van der Waals surface area contributed by atoms with Crippen molar-refractivity contribution in [2.75, 3.05) is 44.3 Å². The fourth-order valence-electron chi connectivity index (χ4n) is 13.2. The number of anilines is 1. The zero-order chi connectivity index (χ0) is 54.0. The first kappa shape index (κ1) is 51.9. The highest BCUT2D eigenvalue weighted by atomic mass is 32.1. The van der Waals surface area contributed by atoms with Gasteiger partial charge in [0.25, 0.3) is 5.88 Å². The summed E-state index contributed by atoms with van der Waals surface area (Å²) in [6.45, 7) is 12.7. The molecule has 5 aliphatic heterocycles. The smallest absolute Gasteiger partial charge is 0.319 e. The molecule has 0 radical (unpaired) electrons. The largest absolute Gasteiger partial charge is 0.508 e. The van der Waals surface area contributed by atoms with Crippen LogP contribution in [-0.4, -0.2) is 132 Å². The predicted octanol–water partition coefficient (Wildman–Crippen LogP) is 8.65. The van der Waals surface area contributed by atoms with Gasteiger partial charge < -0.3 is 44.6 Å². The third-order valence-electron chi connectivity index (χ3n) is 17.2. The minimum absolute atomic E-state index is 0.0240. The number of aryl methyl sites for hydroxylation is 2. The number of phenolic OH excluding ortho intramolecular Hbond substituents is 1. The maximum atomic E-state index is 17.4. The van der Waals surface area contributed by atoms with Crippen LogP contribution in [0.15, 0.2) is 76.9 Å². The molecule has 408 valence electrons. The summed E-state index contributed by atoms with van der Waals surface area (Å²) < 4.78 is 36.2. The number of fused-ring (bicyclic) bond motifs is 5. The Morgan fingerprint density at radius 2 is 1.81 bits per heavy atom. The molecule has 5 aliphatic rings. The lowest BCUT2D eigenvalue weighted by Crippen LogP contribution is -2.51. The van der Waals surface area contributed by atoms with Gasteiger partial charge in [-0.1, -0.05) is 63.2 Å². The molecule has 4 N–H and O–H groups in total. The molecule has 5 saturated heterocycles. The van der Waals surface area contributed by atoms with E-state index in [0.717, 1.165) is 103 Å². The van der Waals surface area contributed by atoms with E-state index in [9.17, 15) is 19.8 Å². The summed E-state index contributed by atoms with van der Waals surface area (Å²) in [4.78, 5) is 54.6. The number of nitrogens with one attached hydrogen (secondary N) is 2. The van der Waals surface area contributed by atoms with Crippen molar-refractivity contribution >= 4 is 50.6 Å². The number of carbonyl (C=O) groups excluding carboxylic acids is 2. The molecule has 12 rings (SSSR count). The van der Waals surface area contributed by atoms with Crippen molar-refractivity contribution < 1.29 is 38.2 Å². The van der Waals surface area contributed by atoms with Crippen LogP contribution in [0.4, 0.5) is 10.2 Å². The van der Waals surface area contributed by atoms with E-state index in [0.29, 0.717) is 47.8 Å². The van der Waals surface area contributed by atoms with Gasteiger partial charge in [-0.25, -0.2) is 9.37 Å². The van der Waals surface area contributed by atoms with Gasteiger partial charge in [-0.2, -0.15) is 9.97 Å². The third kappa shape index (κ3) is 9.70. The Kier molecular flexibility index (Phi) is 14.1. The van der Waals surface area contributed by atoms with Crippen LogP contribution in [0, 0.1) is 18.7 Å². The number of amides is 2. The van der Waals surface area contributed by atoms with E-state index < -0.39 is 23.9 Å². The molecule has 78 heavy (non-hydrogen) atoms. The number of carbonyl (C=O) groups is 2. The van der Waals surface area contributed by atoms with Crippen molar-refractivity contribution in [3.8, 4) is 39.3 Å². The fourth-order valence-corrected chi connectivity index (χ4v) is 14.0. The number of benzene rings is 3. The lowest BCUT2D eigenvalue weighted by molar-refractivity contribution is -0.141. The van der Waals surface area contributed by atoms with Crippen molar-refractivity contribution in [1.82, 2.24) is 45.5 Å². The number of aliphatic hydroxyl groups excluding tert-OH is 1. The average Bonchev–Trinajstić information content (AvgIpc) is 4.42. The van der Waals surface area contributed by atoms with E-state index in [1.165, 1.54) is 4.90 Å². The Morgan fingerprint density at radius 1 is 1.00 bits per heavy atom. The number of rotatable bonds is 16. The molecule has 5 fully saturated rings. The number of piperazine rings is 1. The van der Waals surface area contributed by atoms with Gasteiger partial charge in [0.15, 0.2) is 11.6 Å². The molecule has 2 unspecified atom stereocenters. The fraction of sp³-hybridized carbons (Fsp3) is 0.475. The molecular formula is C59H67FN10O7S. The summed E-state index contributed by atoms with van der Waals surface area (Å²) in [6, 6.07) is 18.4. The highest BCUT2D eigenvalue weighted by Crippen LogP contribution is 2.44. The number of nitrogens with zero attached hydrogens (tertiary/aromatic N) is 8. The number of thiazole rings is 1. The van der Waals surface area contributed by atoms with Gasteiger partial charge in [0.1, 0.15) is 48.0 Å². The number of phenols is 1. The van der Waals surface area contributed by atoms with E-state index in [-0.39, 0.29) is 77.2 Å². The Morgan fingerprint density at radius 3 is 2.56 bits per heavy atom. The molecule has 7 aromatic rings. The lowest BCUT2D eigenvalue weighted by atomic mass is 9.91. The first-order chi connectivity index (χ1) is 37.7. The highest BCUT2D eigenvalue weighted by Gasteiger charge is 2.50. The van der Waals surface area contributed by atoms with Gasteiger partial charge in [0, 0.05) is 62.0 Å². The summed E-state index contributed by atoms with van der Waals surface area (Å²) in [5.41, 5.74) is 6.21. The van der Waals surface area contributed by atoms with E-state index in [1.54, 1.807) is 35.7 Å². The third-order valence-corrected chi connectivity index (χ3v) is 18.1. The van der Waals surface area contributed by atoms with Gasteiger partial charge in [-0.3, -0.25) is 19.5 Å². The van der Waals surface area contributed by atoms with Crippen molar-refractivity contribution in [1.29, 1.82) is 0 Å². The molecule has 19 heteroatoms. The van der Waals surface area contributed by atoms with Crippen LogP contribution in [0.25, 0.3) is 43.4 Å². The molecule has 9 heterocycles. The standard InChI is InChI=1S/C59H67FN10O7S/c1-6-35-9-7-10-38-21-42(71)22-44(50(35)38)52-51(60)53-45(25-61-52)55(68-26-39-15-16-40(27-68)64-39)66-58(65-53)76-30-59-18-8-20-70(59)41(17-19-59)29-75-48-24-47(77-67-48)49(32(2)3)57(74)69-28-43(72)23-46(69)56(73)63-33(4)36-11-13-37(14-12-36)54-34(5)62-31-78-54/h7,9-14,21-22,24-25,31-33,39-41,43,46,49,64,71-72H,6,8,15-20,23,26-30H2,1-5H3,(H,63,73)/t33-,39?,40?,41-,43+,46-,49+,59-/m0/s1. The normalized spacial score (nSPS) is 23.9. The van der Waals surface area contributed by atoms with Gasteiger partial charge in [-0.15, -0.1) is 11.3 Å². The second-order valence-electron chi connectivity index (χ2n) is 22.5. The van der Waals surface area contributed by atoms with E-state index in [1.807, 2.05) is 75.7 Å². The monoisotopic (exact) mass is 1080 g/mol. The summed E-state index contributed by atoms with van der Waals surface area (Å²) in [5, 5.41) is 34.9. The molecular weight excluding hydrogens is 1010 g/mol. The zero-order valence-corrected chi connectivity index (χ0v) is 45.6. The van der Waals surface area contributed by atoms with Crippen molar-refractivity contribution in [3.63, 3.8) is 0 Å². The highest BCUT2D eigenvalue weighted by molar-refractivity contribution is 7.13. The molecule has 2 amide bonds. The van der Waals surface area contributed by atoms with E-state index in [2.05, 4.69) is 37.5 Å². The number of aromatic nitrogens is 5. The van der Waals surface area contributed by atoms with Gasteiger partial charge in [0.05, 0.1) is 39.2 Å². The van der Waals surface area contributed by atoms with Crippen LogP contribution < -0.4 is 25.0 Å². The van der Waals surface area contributed by atoms with Crippen LogP contribution in [0.5, 0.6) is 17.6 Å². The molecule has 8 atom stereocenters. The van der Waals surface area contributed by atoms with Crippen LogP contribution in [0.1, 0.15) is 107 Å². The number of hydrogen-bond acceptors (Lipinski definition) is 16. The number of halogens is 1. The van der Waals surface area contributed by atoms with Gasteiger partial charge >= 0.3 is 6.01 Å². The topological polar surface area (TPSA) is 204 Å². The first-order valence-electron chi connectivity index (χ1n) is 27.6. The van der Waals surface area contributed by atoms with E-state index in [4.69, 9.17) is 28.9 Å².